The lowest BCUT2D eigenvalue weighted by molar-refractivity contribution is -0.0972. The monoisotopic (exact) mass is 978 g/mol. The zero-order valence-electron chi connectivity index (χ0n) is 39.3. The summed E-state index contributed by atoms with van der Waals surface area (Å²) in [4.78, 5) is 33.5. The van der Waals surface area contributed by atoms with E-state index in [4.69, 9.17) is 48.9 Å². The molecule has 10 rings (SSSR count). The smallest absolute Gasteiger partial charge is 0.233 e. The Hall–Kier alpha value is -6.28. The molecule has 6 unspecified atom stereocenters. The van der Waals surface area contributed by atoms with Crippen molar-refractivity contribution in [3.05, 3.63) is 133 Å². The minimum Gasteiger partial charge on any atom is -0.356 e. The van der Waals surface area contributed by atoms with Crippen LogP contribution in [0, 0.1) is 11.8 Å². The molecule has 4 aliphatic rings. The summed E-state index contributed by atoms with van der Waals surface area (Å²) >= 11 is 0. The minimum atomic E-state index is -0.212. The molecule has 4 N–H and O–H groups in total. The number of nitrogens with zero attached hydrogens (tertiary/aromatic N) is 8. The van der Waals surface area contributed by atoms with Gasteiger partial charge in [0, 0.05) is 73.1 Å². The van der Waals surface area contributed by atoms with Gasteiger partial charge in [-0.1, -0.05) is 60.7 Å². The molecule has 0 saturated carbocycles. The van der Waals surface area contributed by atoms with Gasteiger partial charge in [0.2, 0.25) is 34.1 Å². The Morgan fingerprint density at radius 2 is 0.857 bits per heavy atom. The van der Waals surface area contributed by atoms with E-state index in [1.54, 1.807) is 0 Å². The van der Waals surface area contributed by atoms with Crippen molar-refractivity contribution in [3.8, 4) is 0 Å². The topological polar surface area (TPSA) is 169 Å². The summed E-state index contributed by atoms with van der Waals surface area (Å²) in [5.41, 5.74) is 5.58. The van der Waals surface area contributed by atoms with Gasteiger partial charge in [0.15, 0.2) is 12.6 Å². The standard InChI is InChI=1S/C52H58N12O4S2/c1-63(31-43-33-65-45(67-43)35-15-7-3-8-16-35)49-57-47(55-41-27-23-39(24-28-41)53-37-19-11-5-12-20-37)59-51(61-49)69-70-52-60-48(56-42-29-25-40(26-30-42)54-38-21-13-6-14-22-38)58-50(62-52)64(2)32-44-34-66-46(68-44)36-17-9-4-10-18-36/h3-7,9,11-14,19-30,35-36,43-46,53-54H,8,10,15-18,31-34H2,1-2H3,(H,55,57,59,61)(H,56,58,60,62). The van der Waals surface area contributed by atoms with E-state index in [9.17, 15) is 0 Å². The molecule has 2 fully saturated rings. The van der Waals surface area contributed by atoms with Gasteiger partial charge in [-0.3, -0.25) is 0 Å². The van der Waals surface area contributed by atoms with Crippen molar-refractivity contribution in [2.75, 3.05) is 71.5 Å². The number of hydrogen-bond acceptors (Lipinski definition) is 18. The quantitative estimate of drug-likeness (QED) is 0.0446. The van der Waals surface area contributed by atoms with E-state index in [1.165, 1.54) is 21.6 Å². The van der Waals surface area contributed by atoms with E-state index in [0.29, 0.717) is 72.2 Å². The summed E-state index contributed by atoms with van der Waals surface area (Å²) in [5, 5.41) is 14.7. The molecule has 0 radical (unpaired) electrons. The molecule has 2 aromatic heterocycles. The molecular weight excluding hydrogens is 921 g/mol. The van der Waals surface area contributed by atoms with Gasteiger partial charge in [0.05, 0.1) is 13.2 Å². The van der Waals surface area contributed by atoms with Crippen molar-refractivity contribution in [3.63, 3.8) is 0 Å². The van der Waals surface area contributed by atoms with E-state index in [2.05, 4.69) is 45.6 Å². The van der Waals surface area contributed by atoms with Crippen molar-refractivity contribution in [1.82, 2.24) is 29.9 Å². The first-order valence-corrected chi connectivity index (χ1v) is 26.1. The summed E-state index contributed by atoms with van der Waals surface area (Å²) in [7, 11) is 6.61. The molecule has 6 aromatic rings. The number of benzene rings is 4. The van der Waals surface area contributed by atoms with Gasteiger partial charge < -0.3 is 50.0 Å². The Labute approximate surface area is 416 Å². The van der Waals surface area contributed by atoms with Gasteiger partial charge in [-0.05, 0) is 133 Å². The van der Waals surface area contributed by atoms with Gasteiger partial charge in [-0.15, -0.1) is 0 Å². The number of ether oxygens (including phenoxy) is 4. The molecule has 0 amide bonds. The van der Waals surface area contributed by atoms with Gasteiger partial charge >= 0.3 is 0 Å². The maximum atomic E-state index is 6.44. The van der Waals surface area contributed by atoms with Crippen LogP contribution in [0.4, 0.5) is 57.9 Å². The molecule has 4 aromatic carbocycles. The lowest BCUT2D eigenvalue weighted by Gasteiger charge is -2.25. The lowest BCUT2D eigenvalue weighted by atomic mass is 9.94. The molecule has 70 heavy (non-hydrogen) atoms. The zero-order valence-corrected chi connectivity index (χ0v) is 40.9. The number of allylic oxidation sites excluding steroid dienone is 4. The maximum absolute atomic E-state index is 6.44. The molecule has 2 aliphatic heterocycles. The highest BCUT2D eigenvalue weighted by molar-refractivity contribution is 8.76. The second kappa shape index (κ2) is 23.1. The Morgan fingerprint density at radius 1 is 0.471 bits per heavy atom. The van der Waals surface area contributed by atoms with Crippen LogP contribution in [0.2, 0.25) is 0 Å². The normalized spacial score (nSPS) is 21.9. The number of likely N-dealkylation sites (N-methyl/N-ethyl adjacent to an activating group) is 2. The molecule has 0 spiro atoms. The molecule has 2 aliphatic carbocycles. The van der Waals surface area contributed by atoms with Crippen LogP contribution in [0.3, 0.4) is 0 Å². The highest BCUT2D eigenvalue weighted by Gasteiger charge is 2.35. The maximum Gasteiger partial charge on any atom is 0.233 e. The van der Waals surface area contributed by atoms with Crippen LogP contribution in [0.25, 0.3) is 0 Å². The SMILES string of the molecule is CN(CC1COC(C2CC=CCC2)O1)c1nc(Nc2ccc(Nc3ccccc3)cc2)nc(SSc2nc(Nc3ccc(Nc4ccccc4)cc3)nc(N(C)CC3COC(C4CC=CCC4)O3)n2)n1. The van der Waals surface area contributed by atoms with E-state index < -0.39 is 0 Å². The average molecular weight is 979 g/mol. The first-order chi connectivity index (χ1) is 34.4. The van der Waals surface area contributed by atoms with Crippen LogP contribution in [0.15, 0.2) is 144 Å². The summed E-state index contributed by atoms with van der Waals surface area (Å²) in [6.45, 7) is 2.09. The number of para-hydroxylation sites is 2. The Kier molecular flexibility index (Phi) is 15.6. The molecular formula is C52H58N12O4S2. The van der Waals surface area contributed by atoms with Crippen LogP contribution in [-0.4, -0.2) is 95.1 Å². The zero-order chi connectivity index (χ0) is 47.5. The van der Waals surface area contributed by atoms with E-state index >= 15 is 0 Å². The number of hydrogen-bond donors (Lipinski definition) is 4. The van der Waals surface area contributed by atoms with E-state index in [1.807, 2.05) is 133 Å². The van der Waals surface area contributed by atoms with E-state index in [-0.39, 0.29) is 24.8 Å². The van der Waals surface area contributed by atoms with Gasteiger partial charge in [0.25, 0.3) is 0 Å². The molecule has 0 bridgehead atoms. The predicted octanol–water partition coefficient (Wildman–Crippen LogP) is 10.9. The number of aromatic nitrogens is 6. The fraction of sp³-hybridized carbons (Fsp3) is 0.346. The van der Waals surface area contributed by atoms with Crippen LogP contribution in [0.5, 0.6) is 0 Å². The van der Waals surface area contributed by atoms with Crippen LogP contribution in [-0.2, 0) is 18.9 Å². The van der Waals surface area contributed by atoms with Gasteiger partial charge in [-0.2, -0.15) is 29.9 Å². The third kappa shape index (κ3) is 12.9. The van der Waals surface area contributed by atoms with E-state index in [0.717, 1.165) is 72.6 Å². The lowest BCUT2D eigenvalue weighted by Crippen LogP contribution is -2.33. The predicted molar refractivity (Wildman–Crippen MR) is 279 cm³/mol. The van der Waals surface area contributed by atoms with Crippen molar-refractivity contribution in [1.29, 1.82) is 0 Å². The van der Waals surface area contributed by atoms with Crippen molar-refractivity contribution in [2.45, 2.75) is 73.6 Å². The average Bonchev–Trinajstić information content (AvgIpc) is 4.08. The molecule has 18 heteroatoms. The number of rotatable bonds is 19. The summed E-state index contributed by atoms with van der Waals surface area (Å²) in [5.74, 6) is 2.48. The molecule has 2 saturated heterocycles. The van der Waals surface area contributed by atoms with Crippen molar-refractivity contribution in [2.24, 2.45) is 11.8 Å². The third-order valence-electron chi connectivity index (χ3n) is 12.4. The Balaban J connectivity index is 0.875. The largest absolute Gasteiger partial charge is 0.356 e. The fourth-order valence-corrected chi connectivity index (χ4v) is 10.3. The van der Waals surface area contributed by atoms with Crippen LogP contribution < -0.4 is 31.1 Å². The van der Waals surface area contributed by atoms with Crippen molar-refractivity contribution >= 4 is 79.5 Å². The first kappa shape index (κ1) is 47.4. The highest BCUT2D eigenvalue weighted by atomic mass is 33.1. The summed E-state index contributed by atoms with van der Waals surface area (Å²) in [6, 6.07) is 36.2. The Morgan fingerprint density at radius 3 is 1.24 bits per heavy atom. The van der Waals surface area contributed by atoms with Gasteiger partial charge in [-0.25, -0.2) is 0 Å². The van der Waals surface area contributed by atoms with Gasteiger partial charge in [0.1, 0.15) is 12.2 Å². The van der Waals surface area contributed by atoms with Crippen LogP contribution >= 0.6 is 21.6 Å². The van der Waals surface area contributed by atoms with Crippen molar-refractivity contribution < 1.29 is 18.9 Å². The third-order valence-corrected chi connectivity index (χ3v) is 14.3. The summed E-state index contributed by atoms with van der Waals surface area (Å²) < 4.78 is 25.2. The second-order valence-corrected chi connectivity index (χ2v) is 19.9. The summed E-state index contributed by atoms with van der Waals surface area (Å²) in [6.07, 6.45) is 14.4. The van der Waals surface area contributed by atoms with Crippen LogP contribution in [0.1, 0.15) is 38.5 Å². The number of anilines is 10. The molecule has 4 heterocycles. The number of nitrogens with one attached hydrogen (secondary N) is 4. The molecule has 6 atom stereocenters. The molecule has 362 valence electrons. The fourth-order valence-electron chi connectivity index (χ4n) is 8.73. The molecule has 16 nitrogen and oxygen atoms in total. The highest BCUT2D eigenvalue weighted by Crippen LogP contribution is 2.37. The first-order valence-electron chi connectivity index (χ1n) is 23.9. The minimum absolute atomic E-state index is 0.136. The Bertz CT molecular complexity index is 2510. The second-order valence-electron chi connectivity index (χ2n) is 17.8.